The Labute approximate surface area is 127 Å². The summed E-state index contributed by atoms with van der Waals surface area (Å²) in [6.07, 6.45) is 0. The average Bonchev–Trinajstić information content (AvgIpc) is 2.95. The average molecular weight is 308 g/mol. The molecule has 3 nitrogen and oxygen atoms in total. The minimum absolute atomic E-state index is 0.109. The van der Waals surface area contributed by atoms with E-state index in [0.29, 0.717) is 6.54 Å². The molecule has 0 saturated heterocycles. The Kier molecular flexibility index (Phi) is 3.99. The Morgan fingerprint density at radius 2 is 2.00 bits per heavy atom. The van der Waals surface area contributed by atoms with Crippen LogP contribution in [0.1, 0.15) is 24.1 Å². The molecule has 5 heteroatoms. The summed E-state index contributed by atoms with van der Waals surface area (Å²) in [5.41, 5.74) is 1.94. The molecule has 3 rings (SSSR count). The first-order valence-electron chi connectivity index (χ1n) is 6.70. The van der Waals surface area contributed by atoms with Gasteiger partial charge in [0.15, 0.2) is 11.5 Å². The Morgan fingerprint density at radius 1 is 1.19 bits per heavy atom. The van der Waals surface area contributed by atoms with Crippen molar-refractivity contribution in [2.45, 2.75) is 19.5 Å². The third-order valence-corrected chi connectivity index (χ3v) is 3.80. The van der Waals surface area contributed by atoms with Gasteiger partial charge in [-0.1, -0.05) is 23.7 Å². The van der Waals surface area contributed by atoms with E-state index < -0.39 is 5.82 Å². The van der Waals surface area contributed by atoms with Gasteiger partial charge in [0.1, 0.15) is 5.82 Å². The standard InChI is InChI=1S/C16H15ClFNO2/c1-10(12-3-5-15-16(7-12)21-9-20-15)19-8-11-2-4-13(17)14(18)6-11/h2-7,10,19H,8-9H2,1H3. The molecule has 0 radical (unpaired) electrons. The topological polar surface area (TPSA) is 30.5 Å². The van der Waals surface area contributed by atoms with Crippen molar-refractivity contribution in [2.75, 3.05) is 6.79 Å². The molecule has 0 saturated carbocycles. The molecule has 0 amide bonds. The van der Waals surface area contributed by atoms with Crippen LogP contribution in [-0.2, 0) is 6.54 Å². The zero-order valence-corrected chi connectivity index (χ0v) is 12.3. The Hall–Kier alpha value is -1.78. The summed E-state index contributed by atoms with van der Waals surface area (Å²) in [5.74, 6) is 1.14. The summed E-state index contributed by atoms with van der Waals surface area (Å²) >= 11 is 5.67. The summed E-state index contributed by atoms with van der Waals surface area (Å²) in [7, 11) is 0. The first kappa shape index (κ1) is 14.2. The number of benzene rings is 2. The second kappa shape index (κ2) is 5.92. The van der Waals surface area contributed by atoms with Crippen molar-refractivity contribution in [3.63, 3.8) is 0 Å². The van der Waals surface area contributed by atoms with Crippen molar-refractivity contribution in [2.24, 2.45) is 0 Å². The number of nitrogens with one attached hydrogen (secondary N) is 1. The molecule has 1 atom stereocenters. The molecule has 110 valence electrons. The first-order chi connectivity index (χ1) is 10.1. The molecule has 1 heterocycles. The summed E-state index contributed by atoms with van der Waals surface area (Å²) in [6, 6.07) is 10.8. The summed E-state index contributed by atoms with van der Waals surface area (Å²) < 4.78 is 24.0. The molecule has 1 aliphatic rings. The summed E-state index contributed by atoms with van der Waals surface area (Å²) in [6.45, 7) is 2.87. The van der Waals surface area contributed by atoms with E-state index in [-0.39, 0.29) is 17.9 Å². The number of hydrogen-bond donors (Lipinski definition) is 1. The largest absolute Gasteiger partial charge is 0.454 e. The number of fused-ring (bicyclic) bond motifs is 1. The van der Waals surface area contributed by atoms with E-state index >= 15 is 0 Å². The van der Waals surface area contributed by atoms with Gasteiger partial charge >= 0.3 is 0 Å². The molecule has 0 aliphatic carbocycles. The lowest BCUT2D eigenvalue weighted by Crippen LogP contribution is -2.18. The maximum atomic E-state index is 13.4. The lowest BCUT2D eigenvalue weighted by molar-refractivity contribution is 0.174. The molecular formula is C16H15ClFNO2. The van der Waals surface area contributed by atoms with Crippen LogP contribution < -0.4 is 14.8 Å². The molecule has 0 fully saturated rings. The van der Waals surface area contributed by atoms with Gasteiger partial charge in [-0.15, -0.1) is 0 Å². The van der Waals surface area contributed by atoms with Gasteiger partial charge in [0.05, 0.1) is 5.02 Å². The molecule has 1 aliphatic heterocycles. The predicted molar refractivity (Wildman–Crippen MR) is 79.2 cm³/mol. The number of halogens is 2. The maximum Gasteiger partial charge on any atom is 0.231 e. The van der Waals surface area contributed by atoms with Gasteiger partial charge in [-0.2, -0.15) is 0 Å². The highest BCUT2D eigenvalue weighted by Gasteiger charge is 2.15. The van der Waals surface area contributed by atoms with Crippen LogP contribution in [0, 0.1) is 5.82 Å². The number of hydrogen-bond acceptors (Lipinski definition) is 3. The lowest BCUT2D eigenvalue weighted by Gasteiger charge is -2.15. The smallest absolute Gasteiger partial charge is 0.231 e. The zero-order valence-electron chi connectivity index (χ0n) is 11.5. The van der Waals surface area contributed by atoms with Gasteiger partial charge < -0.3 is 14.8 Å². The highest BCUT2D eigenvalue weighted by atomic mass is 35.5. The van der Waals surface area contributed by atoms with Crippen LogP contribution in [0.3, 0.4) is 0 Å². The Bertz CT molecular complexity index is 663. The molecular weight excluding hydrogens is 293 g/mol. The third kappa shape index (κ3) is 3.12. The van der Waals surface area contributed by atoms with Gasteiger partial charge in [0.25, 0.3) is 0 Å². The summed E-state index contributed by atoms with van der Waals surface area (Å²) in [5, 5.41) is 3.49. The fourth-order valence-corrected chi connectivity index (χ4v) is 2.34. The van der Waals surface area contributed by atoms with Gasteiger partial charge in [-0.25, -0.2) is 4.39 Å². The van der Waals surface area contributed by atoms with Gasteiger partial charge in [0, 0.05) is 12.6 Å². The second-order valence-electron chi connectivity index (χ2n) is 4.96. The fraction of sp³-hybridized carbons (Fsp3) is 0.250. The highest BCUT2D eigenvalue weighted by Crippen LogP contribution is 2.34. The molecule has 1 unspecified atom stereocenters. The molecule has 0 bridgehead atoms. The van der Waals surface area contributed by atoms with E-state index in [1.807, 2.05) is 31.2 Å². The fourth-order valence-electron chi connectivity index (χ4n) is 2.22. The van der Waals surface area contributed by atoms with Crippen molar-refractivity contribution in [3.8, 4) is 11.5 Å². The Balaban J connectivity index is 1.66. The van der Waals surface area contributed by atoms with E-state index in [2.05, 4.69) is 5.32 Å². The van der Waals surface area contributed by atoms with Crippen molar-refractivity contribution < 1.29 is 13.9 Å². The summed E-state index contributed by atoms with van der Waals surface area (Å²) in [4.78, 5) is 0. The van der Waals surface area contributed by atoms with Crippen molar-refractivity contribution in [1.82, 2.24) is 5.32 Å². The van der Waals surface area contributed by atoms with Gasteiger partial charge in [-0.3, -0.25) is 0 Å². The third-order valence-electron chi connectivity index (χ3n) is 3.49. The van der Waals surface area contributed by atoms with E-state index in [1.165, 1.54) is 6.07 Å². The molecule has 0 aromatic heterocycles. The minimum Gasteiger partial charge on any atom is -0.454 e. The van der Waals surface area contributed by atoms with E-state index in [9.17, 15) is 4.39 Å². The van der Waals surface area contributed by atoms with Crippen molar-refractivity contribution >= 4 is 11.6 Å². The van der Waals surface area contributed by atoms with Crippen molar-refractivity contribution in [1.29, 1.82) is 0 Å². The van der Waals surface area contributed by atoms with Crippen LogP contribution in [0.25, 0.3) is 0 Å². The number of rotatable bonds is 4. The molecule has 0 spiro atoms. The highest BCUT2D eigenvalue weighted by molar-refractivity contribution is 6.30. The van der Waals surface area contributed by atoms with Gasteiger partial charge in [-0.05, 0) is 42.3 Å². The quantitative estimate of drug-likeness (QED) is 0.924. The molecule has 21 heavy (non-hydrogen) atoms. The number of ether oxygens (including phenoxy) is 2. The normalized spacial score (nSPS) is 14.2. The minimum atomic E-state index is -0.397. The van der Waals surface area contributed by atoms with Crippen LogP contribution in [-0.4, -0.2) is 6.79 Å². The Morgan fingerprint density at radius 3 is 2.81 bits per heavy atom. The molecule has 2 aromatic carbocycles. The van der Waals surface area contributed by atoms with Crippen LogP contribution in [0.2, 0.25) is 5.02 Å². The second-order valence-corrected chi connectivity index (χ2v) is 5.37. The van der Waals surface area contributed by atoms with Crippen molar-refractivity contribution in [3.05, 3.63) is 58.4 Å². The lowest BCUT2D eigenvalue weighted by atomic mass is 10.1. The van der Waals surface area contributed by atoms with E-state index in [0.717, 1.165) is 22.6 Å². The van der Waals surface area contributed by atoms with Crippen LogP contribution in [0.5, 0.6) is 11.5 Å². The SMILES string of the molecule is CC(NCc1ccc(Cl)c(F)c1)c1ccc2c(c1)OCO2. The van der Waals surface area contributed by atoms with E-state index in [4.69, 9.17) is 21.1 Å². The van der Waals surface area contributed by atoms with Gasteiger partial charge in [0.2, 0.25) is 6.79 Å². The van der Waals surface area contributed by atoms with Crippen LogP contribution >= 0.6 is 11.6 Å². The molecule has 2 aromatic rings. The zero-order chi connectivity index (χ0) is 14.8. The van der Waals surface area contributed by atoms with Crippen LogP contribution in [0.15, 0.2) is 36.4 Å². The van der Waals surface area contributed by atoms with E-state index in [1.54, 1.807) is 6.07 Å². The predicted octanol–water partition coefficient (Wildman–Crippen LogP) is 4.06. The monoisotopic (exact) mass is 307 g/mol. The first-order valence-corrected chi connectivity index (χ1v) is 7.08. The maximum absolute atomic E-state index is 13.4. The van der Waals surface area contributed by atoms with Crippen LogP contribution in [0.4, 0.5) is 4.39 Å². The molecule has 1 N–H and O–H groups in total.